The molecule has 1 nitrogen and oxygen atoms in total. The molecule has 1 aromatic carbocycles. The van der Waals surface area contributed by atoms with Crippen molar-refractivity contribution in [1.82, 2.24) is 0 Å². The van der Waals surface area contributed by atoms with Gasteiger partial charge in [0.2, 0.25) is 0 Å². The van der Waals surface area contributed by atoms with E-state index < -0.39 is 0 Å². The Labute approximate surface area is 125 Å². The molecular formula is C19H31N. The number of hydrogen-bond donors (Lipinski definition) is 0. The Morgan fingerprint density at radius 3 is 1.55 bits per heavy atom. The highest BCUT2D eigenvalue weighted by Gasteiger charge is 2.22. The summed E-state index contributed by atoms with van der Waals surface area (Å²) in [6, 6.07) is 7.24. The molecule has 1 heteroatoms. The summed E-state index contributed by atoms with van der Waals surface area (Å²) in [4.78, 5) is 2.58. The summed E-state index contributed by atoms with van der Waals surface area (Å²) < 4.78 is 0. The van der Waals surface area contributed by atoms with Crippen molar-refractivity contribution >= 4 is 5.69 Å². The van der Waals surface area contributed by atoms with Crippen molar-refractivity contribution < 1.29 is 0 Å². The molecule has 1 fully saturated rings. The molecule has 0 bridgehead atoms. The van der Waals surface area contributed by atoms with Crippen LogP contribution >= 0.6 is 0 Å². The molecule has 112 valence electrons. The van der Waals surface area contributed by atoms with Gasteiger partial charge in [0.25, 0.3) is 0 Å². The standard InChI is InChI=1S/C19H31N/c1-18(2,3)15-12-16(19(4,5)6)14-17(13-15)20-10-8-7-9-11-20/h12-14H,7-11H2,1-6H3. The van der Waals surface area contributed by atoms with Gasteiger partial charge in [0.05, 0.1) is 0 Å². The Morgan fingerprint density at radius 1 is 0.700 bits per heavy atom. The molecule has 1 aliphatic rings. The van der Waals surface area contributed by atoms with Crippen LogP contribution in [0.25, 0.3) is 0 Å². The second kappa shape index (κ2) is 5.42. The molecule has 1 saturated heterocycles. The van der Waals surface area contributed by atoms with E-state index in [-0.39, 0.29) is 10.8 Å². The summed E-state index contributed by atoms with van der Waals surface area (Å²) in [5.74, 6) is 0. The maximum atomic E-state index is 2.58. The van der Waals surface area contributed by atoms with E-state index in [4.69, 9.17) is 0 Å². The highest BCUT2D eigenvalue weighted by Crippen LogP contribution is 2.34. The number of benzene rings is 1. The van der Waals surface area contributed by atoms with Gasteiger partial charge in [-0.2, -0.15) is 0 Å². The molecule has 0 atom stereocenters. The third kappa shape index (κ3) is 3.56. The minimum Gasteiger partial charge on any atom is -0.372 e. The Balaban J connectivity index is 2.45. The third-order valence-corrected chi connectivity index (χ3v) is 4.37. The van der Waals surface area contributed by atoms with Crippen LogP contribution in [0.1, 0.15) is 71.9 Å². The molecule has 0 N–H and O–H groups in total. The molecule has 0 aliphatic carbocycles. The van der Waals surface area contributed by atoms with Crippen molar-refractivity contribution in [1.29, 1.82) is 0 Å². The average Bonchev–Trinajstić information content (AvgIpc) is 2.37. The summed E-state index contributed by atoms with van der Waals surface area (Å²) in [5.41, 5.74) is 4.79. The summed E-state index contributed by atoms with van der Waals surface area (Å²) in [7, 11) is 0. The molecule has 0 amide bonds. The van der Waals surface area contributed by atoms with Crippen LogP contribution in [0.5, 0.6) is 0 Å². The molecule has 1 aliphatic heterocycles. The fourth-order valence-electron chi connectivity index (χ4n) is 2.81. The molecule has 1 heterocycles. The minimum absolute atomic E-state index is 0.214. The van der Waals surface area contributed by atoms with Gasteiger partial charge in [0.1, 0.15) is 0 Å². The zero-order valence-corrected chi connectivity index (χ0v) is 14.2. The smallest absolute Gasteiger partial charge is 0.0372 e. The SMILES string of the molecule is CC(C)(C)c1cc(N2CCCCC2)cc(C(C)(C)C)c1. The van der Waals surface area contributed by atoms with E-state index >= 15 is 0 Å². The minimum atomic E-state index is 0.214. The topological polar surface area (TPSA) is 3.24 Å². The monoisotopic (exact) mass is 273 g/mol. The largest absolute Gasteiger partial charge is 0.372 e. The predicted octanol–water partition coefficient (Wildman–Crippen LogP) is 5.27. The number of piperidine rings is 1. The van der Waals surface area contributed by atoms with E-state index in [1.807, 2.05) is 0 Å². The summed E-state index contributed by atoms with van der Waals surface area (Å²) in [5, 5.41) is 0. The Morgan fingerprint density at radius 2 is 1.15 bits per heavy atom. The quantitative estimate of drug-likeness (QED) is 0.673. The van der Waals surface area contributed by atoms with Crippen LogP contribution in [-0.4, -0.2) is 13.1 Å². The first kappa shape index (κ1) is 15.4. The average molecular weight is 273 g/mol. The second-order valence-electron chi connectivity index (χ2n) is 8.32. The number of rotatable bonds is 1. The van der Waals surface area contributed by atoms with Crippen LogP contribution in [0.3, 0.4) is 0 Å². The van der Waals surface area contributed by atoms with Crippen LogP contribution in [-0.2, 0) is 10.8 Å². The fraction of sp³-hybridized carbons (Fsp3) is 0.684. The Kier molecular flexibility index (Phi) is 4.18. The van der Waals surface area contributed by atoms with Crippen LogP contribution in [0.2, 0.25) is 0 Å². The molecular weight excluding hydrogens is 242 g/mol. The molecule has 0 spiro atoms. The second-order valence-corrected chi connectivity index (χ2v) is 8.32. The van der Waals surface area contributed by atoms with Gasteiger partial charge in [0.15, 0.2) is 0 Å². The van der Waals surface area contributed by atoms with Crippen molar-refractivity contribution in [3.8, 4) is 0 Å². The molecule has 0 saturated carbocycles. The lowest BCUT2D eigenvalue weighted by Crippen LogP contribution is -2.30. The van der Waals surface area contributed by atoms with Crippen LogP contribution in [0.15, 0.2) is 18.2 Å². The molecule has 2 rings (SSSR count). The van der Waals surface area contributed by atoms with Gasteiger partial charge in [-0.25, -0.2) is 0 Å². The first-order valence-corrected chi connectivity index (χ1v) is 8.09. The molecule has 0 radical (unpaired) electrons. The van der Waals surface area contributed by atoms with E-state index in [0.717, 1.165) is 0 Å². The Hall–Kier alpha value is -0.980. The van der Waals surface area contributed by atoms with Crippen molar-refractivity contribution in [3.05, 3.63) is 29.3 Å². The van der Waals surface area contributed by atoms with Gasteiger partial charge >= 0.3 is 0 Å². The van der Waals surface area contributed by atoms with E-state index in [1.54, 1.807) is 0 Å². The highest BCUT2D eigenvalue weighted by molar-refractivity contribution is 5.54. The number of nitrogens with zero attached hydrogens (tertiary/aromatic N) is 1. The van der Waals surface area contributed by atoms with Crippen LogP contribution < -0.4 is 4.90 Å². The third-order valence-electron chi connectivity index (χ3n) is 4.37. The van der Waals surface area contributed by atoms with Crippen LogP contribution in [0, 0.1) is 0 Å². The predicted molar refractivity (Wildman–Crippen MR) is 89.9 cm³/mol. The van der Waals surface area contributed by atoms with Gasteiger partial charge in [-0.05, 0) is 53.4 Å². The van der Waals surface area contributed by atoms with E-state index in [2.05, 4.69) is 64.6 Å². The Bertz CT molecular complexity index is 421. The molecule has 20 heavy (non-hydrogen) atoms. The first-order valence-electron chi connectivity index (χ1n) is 8.09. The molecule has 0 unspecified atom stereocenters. The van der Waals surface area contributed by atoms with Gasteiger partial charge in [-0.3, -0.25) is 0 Å². The zero-order chi connectivity index (χ0) is 15.0. The molecule has 0 aromatic heterocycles. The van der Waals surface area contributed by atoms with Gasteiger partial charge in [0, 0.05) is 18.8 Å². The van der Waals surface area contributed by atoms with Crippen molar-refractivity contribution in [2.45, 2.75) is 71.6 Å². The van der Waals surface area contributed by atoms with Crippen molar-refractivity contribution in [2.75, 3.05) is 18.0 Å². The number of hydrogen-bond acceptors (Lipinski definition) is 1. The lowest BCUT2D eigenvalue weighted by atomic mass is 9.80. The van der Waals surface area contributed by atoms with Crippen LogP contribution in [0.4, 0.5) is 5.69 Å². The highest BCUT2D eigenvalue weighted by atomic mass is 15.1. The van der Waals surface area contributed by atoms with Gasteiger partial charge in [-0.1, -0.05) is 47.6 Å². The lowest BCUT2D eigenvalue weighted by Gasteiger charge is -2.33. The summed E-state index contributed by atoms with van der Waals surface area (Å²) in [6.07, 6.45) is 4.07. The first-order chi connectivity index (χ1) is 9.18. The number of anilines is 1. The maximum absolute atomic E-state index is 2.58. The fourth-order valence-corrected chi connectivity index (χ4v) is 2.81. The van der Waals surface area contributed by atoms with E-state index in [0.29, 0.717) is 0 Å². The lowest BCUT2D eigenvalue weighted by molar-refractivity contribution is 0.559. The maximum Gasteiger partial charge on any atom is 0.0372 e. The summed E-state index contributed by atoms with van der Waals surface area (Å²) in [6.45, 7) is 16.3. The van der Waals surface area contributed by atoms with Crippen molar-refractivity contribution in [2.24, 2.45) is 0 Å². The van der Waals surface area contributed by atoms with E-state index in [1.165, 1.54) is 49.2 Å². The van der Waals surface area contributed by atoms with Gasteiger partial charge < -0.3 is 4.90 Å². The summed E-state index contributed by atoms with van der Waals surface area (Å²) >= 11 is 0. The van der Waals surface area contributed by atoms with E-state index in [9.17, 15) is 0 Å². The van der Waals surface area contributed by atoms with Gasteiger partial charge in [-0.15, -0.1) is 0 Å². The normalized spacial score (nSPS) is 17.4. The molecule has 1 aromatic rings. The zero-order valence-electron chi connectivity index (χ0n) is 14.2. The van der Waals surface area contributed by atoms with Crippen molar-refractivity contribution in [3.63, 3.8) is 0 Å².